The summed E-state index contributed by atoms with van der Waals surface area (Å²) >= 11 is 3.53. The predicted octanol–water partition coefficient (Wildman–Crippen LogP) is 4.85. The number of rotatable bonds is 1. The van der Waals surface area contributed by atoms with Crippen molar-refractivity contribution in [2.75, 3.05) is 0 Å². The molecule has 0 bridgehead atoms. The van der Waals surface area contributed by atoms with Crippen molar-refractivity contribution < 1.29 is 0 Å². The van der Waals surface area contributed by atoms with Gasteiger partial charge in [-0.1, -0.05) is 35.8 Å². The highest BCUT2D eigenvalue weighted by Crippen LogP contribution is 2.39. The Labute approximate surface area is 159 Å². The molecule has 0 atom stereocenters. The topological polar surface area (TPSA) is 50.7 Å². The van der Waals surface area contributed by atoms with Crippen LogP contribution in [0.4, 0.5) is 0 Å². The van der Waals surface area contributed by atoms with E-state index in [1.165, 1.54) is 11.1 Å². The molecule has 0 fully saturated rings. The van der Waals surface area contributed by atoms with E-state index in [9.17, 15) is 4.79 Å². The predicted molar refractivity (Wildman–Crippen MR) is 108 cm³/mol. The molecule has 4 aromatic rings. The SMILES string of the molecule is CC1(C)CCc2cc(-n3c(=O)[nH]c4cnc5ccc(Br)cc5c43)ccc21. The average Bonchev–Trinajstić information content (AvgIpc) is 3.11. The van der Waals surface area contributed by atoms with Crippen LogP contribution in [0.15, 0.2) is 51.9 Å². The van der Waals surface area contributed by atoms with E-state index in [0.717, 1.165) is 44.9 Å². The first kappa shape index (κ1) is 15.8. The van der Waals surface area contributed by atoms with E-state index in [1.54, 1.807) is 10.8 Å². The Balaban J connectivity index is 1.84. The summed E-state index contributed by atoms with van der Waals surface area (Å²) in [5.41, 5.74) is 6.21. The second kappa shape index (κ2) is 5.30. The fraction of sp³-hybridized carbons (Fsp3) is 0.238. The van der Waals surface area contributed by atoms with Crippen molar-refractivity contribution in [3.63, 3.8) is 0 Å². The van der Waals surface area contributed by atoms with Gasteiger partial charge >= 0.3 is 5.69 Å². The number of aryl methyl sites for hydroxylation is 1. The normalized spacial score (nSPS) is 15.7. The summed E-state index contributed by atoms with van der Waals surface area (Å²) in [6, 6.07) is 12.4. The van der Waals surface area contributed by atoms with Gasteiger partial charge in [0, 0.05) is 9.86 Å². The molecule has 5 rings (SSSR count). The van der Waals surface area contributed by atoms with Gasteiger partial charge in [-0.25, -0.2) is 4.79 Å². The summed E-state index contributed by atoms with van der Waals surface area (Å²) in [6.45, 7) is 4.57. The van der Waals surface area contributed by atoms with Gasteiger partial charge in [0.25, 0.3) is 0 Å². The molecular formula is C21H18BrN3O. The minimum absolute atomic E-state index is 0.133. The zero-order valence-electron chi connectivity index (χ0n) is 14.6. The molecule has 0 amide bonds. The second-order valence-electron chi connectivity index (χ2n) is 7.67. The molecule has 2 heterocycles. The highest BCUT2D eigenvalue weighted by molar-refractivity contribution is 9.10. The lowest BCUT2D eigenvalue weighted by molar-refractivity contribution is 0.522. The maximum absolute atomic E-state index is 12.8. The smallest absolute Gasteiger partial charge is 0.304 e. The van der Waals surface area contributed by atoms with Crippen LogP contribution in [-0.2, 0) is 11.8 Å². The number of H-pyrrole nitrogens is 1. The lowest BCUT2D eigenvalue weighted by atomic mass is 9.86. The van der Waals surface area contributed by atoms with Crippen LogP contribution in [0, 0.1) is 0 Å². The molecule has 0 aliphatic heterocycles. The molecule has 1 aliphatic rings. The van der Waals surface area contributed by atoms with Crippen LogP contribution in [0.2, 0.25) is 0 Å². The summed E-state index contributed by atoms with van der Waals surface area (Å²) in [6.07, 6.45) is 3.94. The highest BCUT2D eigenvalue weighted by atomic mass is 79.9. The van der Waals surface area contributed by atoms with Crippen molar-refractivity contribution in [3.8, 4) is 5.69 Å². The second-order valence-corrected chi connectivity index (χ2v) is 8.59. The van der Waals surface area contributed by atoms with Crippen molar-refractivity contribution >= 4 is 37.9 Å². The molecule has 0 saturated heterocycles. The van der Waals surface area contributed by atoms with E-state index >= 15 is 0 Å². The van der Waals surface area contributed by atoms with Gasteiger partial charge in [-0.2, -0.15) is 0 Å². The fourth-order valence-electron chi connectivity index (χ4n) is 4.17. The van der Waals surface area contributed by atoms with Crippen LogP contribution in [-0.4, -0.2) is 14.5 Å². The van der Waals surface area contributed by atoms with E-state index in [1.807, 2.05) is 18.2 Å². The van der Waals surface area contributed by atoms with Crippen molar-refractivity contribution in [2.45, 2.75) is 32.1 Å². The number of hydrogen-bond donors (Lipinski definition) is 1. The molecule has 26 heavy (non-hydrogen) atoms. The molecule has 0 radical (unpaired) electrons. The number of nitrogens with zero attached hydrogens (tertiary/aromatic N) is 2. The van der Waals surface area contributed by atoms with E-state index in [4.69, 9.17) is 0 Å². The molecule has 0 saturated carbocycles. The summed E-state index contributed by atoms with van der Waals surface area (Å²) in [5.74, 6) is 0. The van der Waals surface area contributed by atoms with E-state index in [0.29, 0.717) is 0 Å². The molecule has 5 heteroatoms. The number of imidazole rings is 1. The summed E-state index contributed by atoms with van der Waals surface area (Å²) in [5, 5.41) is 0.955. The maximum atomic E-state index is 12.8. The third kappa shape index (κ3) is 2.20. The zero-order chi connectivity index (χ0) is 18.1. The van der Waals surface area contributed by atoms with Crippen LogP contribution < -0.4 is 5.69 Å². The van der Waals surface area contributed by atoms with E-state index in [-0.39, 0.29) is 11.1 Å². The number of pyridine rings is 1. The Morgan fingerprint density at radius 1 is 1.19 bits per heavy atom. The van der Waals surface area contributed by atoms with E-state index in [2.05, 4.69) is 57.9 Å². The zero-order valence-corrected chi connectivity index (χ0v) is 16.2. The Morgan fingerprint density at radius 3 is 2.88 bits per heavy atom. The van der Waals surface area contributed by atoms with Gasteiger partial charge in [0.05, 0.1) is 28.4 Å². The van der Waals surface area contributed by atoms with Crippen LogP contribution in [0.25, 0.3) is 27.6 Å². The van der Waals surface area contributed by atoms with E-state index < -0.39 is 0 Å². The average molecular weight is 408 g/mol. The Hall–Kier alpha value is -2.40. The molecule has 1 N–H and O–H groups in total. The highest BCUT2D eigenvalue weighted by Gasteiger charge is 2.29. The van der Waals surface area contributed by atoms with Crippen LogP contribution in [0.5, 0.6) is 0 Å². The van der Waals surface area contributed by atoms with Gasteiger partial charge < -0.3 is 4.98 Å². The Morgan fingerprint density at radius 2 is 2.04 bits per heavy atom. The molecule has 0 unspecified atom stereocenters. The Bertz CT molecular complexity index is 1250. The number of fused-ring (bicyclic) bond motifs is 4. The minimum atomic E-state index is -0.133. The first-order chi connectivity index (χ1) is 12.4. The monoisotopic (exact) mass is 407 g/mol. The number of nitrogens with one attached hydrogen (secondary N) is 1. The number of aromatic nitrogens is 3. The van der Waals surface area contributed by atoms with Crippen LogP contribution in [0.1, 0.15) is 31.4 Å². The summed E-state index contributed by atoms with van der Waals surface area (Å²) in [4.78, 5) is 20.2. The maximum Gasteiger partial charge on any atom is 0.331 e. The van der Waals surface area contributed by atoms with Crippen LogP contribution in [0.3, 0.4) is 0 Å². The molecule has 2 aromatic carbocycles. The number of benzene rings is 2. The van der Waals surface area contributed by atoms with Gasteiger partial charge in [-0.05, 0) is 59.7 Å². The molecular weight excluding hydrogens is 390 g/mol. The van der Waals surface area contributed by atoms with Crippen molar-refractivity contribution in [1.29, 1.82) is 0 Å². The molecule has 2 aromatic heterocycles. The number of halogens is 1. The van der Waals surface area contributed by atoms with Gasteiger partial charge in [0.1, 0.15) is 0 Å². The number of hydrogen-bond acceptors (Lipinski definition) is 2. The lowest BCUT2D eigenvalue weighted by Crippen LogP contribution is -2.16. The molecule has 4 nitrogen and oxygen atoms in total. The minimum Gasteiger partial charge on any atom is -0.304 e. The quantitative estimate of drug-likeness (QED) is 0.490. The van der Waals surface area contributed by atoms with Gasteiger partial charge in [-0.3, -0.25) is 9.55 Å². The fourth-order valence-corrected chi connectivity index (χ4v) is 4.53. The molecule has 130 valence electrons. The van der Waals surface area contributed by atoms with Crippen molar-refractivity contribution in [2.24, 2.45) is 0 Å². The number of aromatic amines is 1. The van der Waals surface area contributed by atoms with Gasteiger partial charge in [0.2, 0.25) is 0 Å². The van der Waals surface area contributed by atoms with Crippen LogP contribution >= 0.6 is 15.9 Å². The lowest BCUT2D eigenvalue weighted by Gasteiger charge is -2.19. The van der Waals surface area contributed by atoms with Gasteiger partial charge in [0.15, 0.2) is 0 Å². The van der Waals surface area contributed by atoms with Crippen molar-refractivity contribution in [1.82, 2.24) is 14.5 Å². The van der Waals surface area contributed by atoms with Crippen molar-refractivity contribution in [3.05, 3.63) is 68.7 Å². The molecule has 1 aliphatic carbocycles. The third-order valence-corrected chi connectivity index (χ3v) is 6.06. The third-order valence-electron chi connectivity index (χ3n) is 5.57. The summed E-state index contributed by atoms with van der Waals surface area (Å²) < 4.78 is 2.74. The standard InChI is InChI=1S/C21H18BrN3O/c1-21(2)8-7-12-9-14(4-5-16(12)21)25-19-15-10-13(22)3-6-17(15)23-11-18(19)24-20(25)26/h3-6,9-11H,7-8H2,1-2H3,(H,24,26). The first-order valence-electron chi connectivity index (χ1n) is 8.77. The molecule has 0 spiro atoms. The van der Waals surface area contributed by atoms with Gasteiger partial charge in [-0.15, -0.1) is 0 Å². The largest absolute Gasteiger partial charge is 0.331 e. The summed E-state index contributed by atoms with van der Waals surface area (Å²) in [7, 11) is 0. The first-order valence-corrected chi connectivity index (χ1v) is 9.56. The Kier molecular flexibility index (Phi) is 3.23.